The molecule has 0 aromatic carbocycles. The van der Waals surface area contributed by atoms with E-state index in [1.54, 1.807) is 7.11 Å². The molecular weight excluding hydrogens is 580 g/mol. The number of ether oxygens (including phenoxy) is 1. The molecular formula is C35H66N8O3. The molecule has 0 N–H and O–H groups in total. The molecule has 3 fully saturated rings. The molecule has 11 nitrogen and oxygen atoms in total. The summed E-state index contributed by atoms with van der Waals surface area (Å²) in [6.45, 7) is 25.5. The van der Waals surface area contributed by atoms with E-state index in [0.29, 0.717) is 25.3 Å². The van der Waals surface area contributed by atoms with Gasteiger partial charge in [0.2, 0.25) is 11.9 Å². The smallest absolute Gasteiger partial charge is 0.230 e. The summed E-state index contributed by atoms with van der Waals surface area (Å²) in [6, 6.07) is 0.857. The Balaban J connectivity index is 1.41. The molecule has 0 unspecified atom stereocenters. The number of unbranched alkanes of at least 4 members (excludes halogenated alkanes) is 3. The number of hydrogen-bond donors (Lipinski definition) is 0. The Morgan fingerprint density at radius 3 is 1.67 bits per heavy atom. The molecule has 0 saturated carbocycles. The zero-order chi connectivity index (χ0) is 33.9. The highest BCUT2D eigenvalue weighted by Crippen LogP contribution is 2.42. The lowest BCUT2D eigenvalue weighted by atomic mass is 9.78. The minimum Gasteiger partial charge on any atom is -0.378 e. The fraction of sp³-hybridized carbons (Fsp3) is 0.914. The minimum atomic E-state index is -0.123. The lowest BCUT2D eigenvalue weighted by Gasteiger charge is -2.55. The standard InChI is InChI=1S/C35H66N8O3/c1-27-36-30(40-19-21-46-22-20-40)38-31(37-27)41(29-25-34(6,7)43(45-12)35(8,9)26-29)18-16-14-13-15-17-39(10)28-23-32(2,3)42(44-11)33(4,5)24-28/h28-29H,13-26H2,1-12H3. The van der Waals surface area contributed by atoms with Crippen LogP contribution in [0.1, 0.15) is 113 Å². The van der Waals surface area contributed by atoms with Crippen molar-refractivity contribution < 1.29 is 14.4 Å². The second-order valence-electron chi connectivity index (χ2n) is 16.5. The van der Waals surface area contributed by atoms with Crippen LogP contribution < -0.4 is 9.80 Å². The van der Waals surface area contributed by atoms with E-state index in [-0.39, 0.29) is 22.2 Å². The number of nitrogens with zero attached hydrogens (tertiary/aromatic N) is 8. The van der Waals surface area contributed by atoms with Crippen molar-refractivity contribution in [2.75, 3.05) is 70.5 Å². The van der Waals surface area contributed by atoms with Crippen LogP contribution in [0.4, 0.5) is 11.9 Å². The monoisotopic (exact) mass is 647 g/mol. The number of hydroxylamine groups is 4. The number of hydrogen-bond acceptors (Lipinski definition) is 11. The van der Waals surface area contributed by atoms with Crippen LogP contribution in [0.3, 0.4) is 0 Å². The van der Waals surface area contributed by atoms with Gasteiger partial charge in [-0.1, -0.05) is 12.8 Å². The lowest BCUT2D eigenvalue weighted by Crippen LogP contribution is -2.64. The lowest BCUT2D eigenvalue weighted by molar-refractivity contribution is -0.271. The molecule has 264 valence electrons. The Hall–Kier alpha value is -1.63. The Labute approximate surface area is 280 Å². The molecule has 1 aromatic heterocycles. The number of rotatable bonds is 13. The van der Waals surface area contributed by atoms with Crippen LogP contribution >= 0.6 is 0 Å². The van der Waals surface area contributed by atoms with Gasteiger partial charge in [0, 0.05) is 53.9 Å². The molecule has 0 bridgehead atoms. The fourth-order valence-electron chi connectivity index (χ4n) is 9.05. The third-order valence-electron chi connectivity index (χ3n) is 10.5. The Morgan fingerprint density at radius 2 is 1.17 bits per heavy atom. The fourth-order valence-corrected chi connectivity index (χ4v) is 9.05. The topological polar surface area (TPSA) is 82.6 Å². The van der Waals surface area contributed by atoms with Crippen LogP contribution in [0.15, 0.2) is 0 Å². The van der Waals surface area contributed by atoms with Crippen molar-refractivity contribution in [1.29, 1.82) is 0 Å². The average molecular weight is 647 g/mol. The maximum Gasteiger partial charge on any atom is 0.230 e. The van der Waals surface area contributed by atoms with E-state index < -0.39 is 0 Å². The molecule has 0 aliphatic carbocycles. The number of anilines is 2. The van der Waals surface area contributed by atoms with Crippen molar-refractivity contribution in [3.8, 4) is 0 Å². The zero-order valence-electron chi connectivity index (χ0n) is 31.4. The van der Waals surface area contributed by atoms with Crippen LogP contribution in [0.5, 0.6) is 0 Å². The maximum absolute atomic E-state index is 5.94. The van der Waals surface area contributed by atoms with Crippen LogP contribution in [-0.4, -0.2) is 125 Å². The van der Waals surface area contributed by atoms with Crippen LogP contribution in [0, 0.1) is 6.92 Å². The molecule has 1 aromatic rings. The largest absolute Gasteiger partial charge is 0.378 e. The predicted octanol–water partition coefficient (Wildman–Crippen LogP) is 5.48. The van der Waals surface area contributed by atoms with Gasteiger partial charge in [0.15, 0.2) is 0 Å². The van der Waals surface area contributed by atoms with Gasteiger partial charge in [-0.05, 0) is 114 Å². The molecule has 3 saturated heterocycles. The summed E-state index contributed by atoms with van der Waals surface area (Å²) in [5.41, 5.74) is -0.226. The van der Waals surface area contributed by atoms with Crippen molar-refractivity contribution in [2.24, 2.45) is 0 Å². The Kier molecular flexibility index (Phi) is 12.0. The average Bonchev–Trinajstić information content (AvgIpc) is 2.94. The highest BCUT2D eigenvalue weighted by molar-refractivity contribution is 5.41. The van der Waals surface area contributed by atoms with Crippen LogP contribution in [-0.2, 0) is 14.4 Å². The van der Waals surface area contributed by atoms with Crippen LogP contribution in [0.25, 0.3) is 0 Å². The summed E-state index contributed by atoms with van der Waals surface area (Å²) in [7, 11) is 5.92. The van der Waals surface area contributed by atoms with Gasteiger partial charge < -0.3 is 29.1 Å². The molecule has 3 aliphatic rings. The van der Waals surface area contributed by atoms with Gasteiger partial charge in [0.1, 0.15) is 5.82 Å². The SMILES string of the molecule is CON1C(C)(C)CC(N(C)CCCCCCN(c2nc(C)nc(N3CCOCC3)n2)C2CC(C)(C)N(OC)C(C)(C)C2)CC1(C)C. The van der Waals surface area contributed by atoms with Gasteiger partial charge in [0.05, 0.1) is 27.4 Å². The van der Waals surface area contributed by atoms with E-state index in [1.165, 1.54) is 19.3 Å². The molecule has 4 heterocycles. The van der Waals surface area contributed by atoms with Crippen molar-refractivity contribution in [2.45, 2.75) is 148 Å². The molecule has 0 atom stereocenters. The quantitative estimate of drug-likeness (QED) is 0.256. The number of aromatic nitrogens is 3. The van der Waals surface area contributed by atoms with Crippen molar-refractivity contribution in [1.82, 2.24) is 30.0 Å². The second-order valence-corrected chi connectivity index (χ2v) is 16.5. The van der Waals surface area contributed by atoms with Crippen LogP contribution in [0.2, 0.25) is 0 Å². The van der Waals surface area contributed by atoms with Gasteiger partial charge in [-0.15, -0.1) is 0 Å². The van der Waals surface area contributed by atoms with Crippen molar-refractivity contribution >= 4 is 11.9 Å². The normalized spacial score (nSPS) is 24.1. The van der Waals surface area contributed by atoms with E-state index in [0.717, 1.165) is 76.0 Å². The first-order chi connectivity index (χ1) is 21.5. The molecule has 11 heteroatoms. The predicted molar refractivity (Wildman–Crippen MR) is 186 cm³/mol. The first-order valence-corrected chi connectivity index (χ1v) is 17.7. The second kappa shape index (κ2) is 14.9. The van der Waals surface area contributed by atoms with Gasteiger partial charge in [0.25, 0.3) is 0 Å². The summed E-state index contributed by atoms with van der Waals surface area (Å²) in [4.78, 5) is 33.9. The van der Waals surface area contributed by atoms with E-state index >= 15 is 0 Å². The molecule has 0 amide bonds. The Morgan fingerprint density at radius 1 is 0.696 bits per heavy atom. The molecule has 4 rings (SSSR count). The van der Waals surface area contributed by atoms with Crippen molar-refractivity contribution in [3.05, 3.63) is 5.82 Å². The van der Waals surface area contributed by atoms with Gasteiger partial charge in [-0.25, -0.2) is 0 Å². The first kappa shape index (κ1) is 37.2. The summed E-state index contributed by atoms with van der Waals surface area (Å²) >= 11 is 0. The van der Waals surface area contributed by atoms with Gasteiger partial charge in [-0.3, -0.25) is 0 Å². The van der Waals surface area contributed by atoms with Crippen molar-refractivity contribution in [3.63, 3.8) is 0 Å². The molecule has 0 radical (unpaired) electrons. The molecule has 0 spiro atoms. The van der Waals surface area contributed by atoms with E-state index in [2.05, 4.69) is 87.3 Å². The summed E-state index contributed by atoms with van der Waals surface area (Å²) in [5, 5.41) is 4.39. The third kappa shape index (κ3) is 8.69. The number of aryl methyl sites for hydroxylation is 1. The zero-order valence-corrected chi connectivity index (χ0v) is 31.4. The maximum atomic E-state index is 5.94. The van der Waals surface area contributed by atoms with Gasteiger partial charge >= 0.3 is 0 Å². The summed E-state index contributed by atoms with van der Waals surface area (Å²) in [5.74, 6) is 2.35. The van der Waals surface area contributed by atoms with E-state index in [9.17, 15) is 0 Å². The third-order valence-corrected chi connectivity index (χ3v) is 10.5. The minimum absolute atomic E-state index is 0.0104. The first-order valence-electron chi connectivity index (χ1n) is 17.7. The van der Waals surface area contributed by atoms with E-state index in [4.69, 9.17) is 29.4 Å². The molecule has 3 aliphatic heterocycles. The highest BCUT2D eigenvalue weighted by atomic mass is 16.7. The van der Waals surface area contributed by atoms with E-state index in [1.807, 2.05) is 14.0 Å². The number of morpholine rings is 1. The van der Waals surface area contributed by atoms with Gasteiger partial charge in [-0.2, -0.15) is 25.1 Å². The summed E-state index contributed by atoms with van der Waals surface area (Å²) in [6.07, 6.45) is 8.90. The highest BCUT2D eigenvalue weighted by Gasteiger charge is 2.49. The number of piperidine rings is 2. The summed E-state index contributed by atoms with van der Waals surface area (Å²) < 4.78 is 5.60. The Bertz CT molecular complexity index is 1090. The molecule has 46 heavy (non-hydrogen) atoms.